The number of carbonyl (C=O) groups excluding carboxylic acids is 1. The van der Waals surface area contributed by atoms with Gasteiger partial charge in [-0.1, -0.05) is 24.3 Å². The van der Waals surface area contributed by atoms with E-state index >= 15 is 0 Å². The summed E-state index contributed by atoms with van der Waals surface area (Å²) in [7, 11) is 0. The fraction of sp³-hybridized carbons (Fsp3) is 0.280. The van der Waals surface area contributed by atoms with Crippen LogP contribution in [0.3, 0.4) is 0 Å². The lowest BCUT2D eigenvalue weighted by Gasteiger charge is -2.29. The van der Waals surface area contributed by atoms with Gasteiger partial charge >= 0.3 is 0 Å². The van der Waals surface area contributed by atoms with Gasteiger partial charge in [-0.25, -0.2) is 4.98 Å². The van der Waals surface area contributed by atoms with Gasteiger partial charge in [0.25, 0.3) is 0 Å². The van der Waals surface area contributed by atoms with Crippen molar-refractivity contribution in [3.05, 3.63) is 66.0 Å². The molecular formula is C25H27N7O. The van der Waals surface area contributed by atoms with Gasteiger partial charge in [0.05, 0.1) is 6.33 Å². The smallest absolute Gasteiger partial charge is 0.229 e. The summed E-state index contributed by atoms with van der Waals surface area (Å²) in [5.74, 6) is 1.26. The van der Waals surface area contributed by atoms with Gasteiger partial charge in [-0.05, 0) is 55.7 Å². The number of aromatic nitrogens is 4. The van der Waals surface area contributed by atoms with Crippen LogP contribution in [0.15, 0.2) is 54.9 Å². The Bertz CT molecular complexity index is 1310. The molecule has 2 N–H and O–H groups in total. The molecule has 0 atom stereocenters. The highest BCUT2D eigenvalue weighted by atomic mass is 16.1. The second-order valence-corrected chi connectivity index (χ2v) is 8.61. The Morgan fingerprint density at radius 2 is 1.73 bits per heavy atom. The molecule has 0 aliphatic carbocycles. The van der Waals surface area contributed by atoms with Crippen LogP contribution in [0.4, 0.5) is 23.1 Å². The van der Waals surface area contributed by atoms with Crippen molar-refractivity contribution in [2.75, 3.05) is 22.1 Å². The number of fused-ring (bicyclic) bond motifs is 2. The molecule has 4 aromatic rings. The third-order valence-electron chi connectivity index (χ3n) is 5.85. The minimum absolute atomic E-state index is 0.0970. The number of nitrogens with zero attached hydrogens (tertiary/aromatic N) is 5. The molecule has 1 aliphatic rings. The van der Waals surface area contributed by atoms with Gasteiger partial charge in [0.15, 0.2) is 17.0 Å². The second-order valence-electron chi connectivity index (χ2n) is 8.61. The Kier molecular flexibility index (Phi) is 5.42. The first kappa shape index (κ1) is 20.9. The van der Waals surface area contributed by atoms with Crippen LogP contribution >= 0.6 is 0 Å². The first-order valence-corrected chi connectivity index (χ1v) is 11.2. The summed E-state index contributed by atoms with van der Waals surface area (Å²) in [5, 5.41) is 6.20. The topological polar surface area (TPSA) is 88.0 Å². The van der Waals surface area contributed by atoms with Crippen LogP contribution in [0.1, 0.15) is 37.9 Å². The molecule has 0 bridgehead atoms. The van der Waals surface area contributed by atoms with Crippen LogP contribution < -0.4 is 15.5 Å². The van der Waals surface area contributed by atoms with E-state index in [0.717, 1.165) is 42.0 Å². The molecule has 168 valence electrons. The average Bonchev–Trinajstić information content (AvgIpc) is 3.24. The highest BCUT2D eigenvalue weighted by Crippen LogP contribution is 2.29. The third kappa shape index (κ3) is 4.24. The summed E-state index contributed by atoms with van der Waals surface area (Å²) in [4.78, 5) is 28.0. The van der Waals surface area contributed by atoms with E-state index in [1.165, 1.54) is 18.1 Å². The van der Waals surface area contributed by atoms with Crippen molar-refractivity contribution in [3.8, 4) is 0 Å². The highest BCUT2D eigenvalue weighted by molar-refractivity contribution is 5.89. The van der Waals surface area contributed by atoms with Crippen molar-refractivity contribution in [1.29, 1.82) is 0 Å². The summed E-state index contributed by atoms with van der Waals surface area (Å²) in [6.07, 6.45) is 2.79. The van der Waals surface area contributed by atoms with Gasteiger partial charge < -0.3 is 20.1 Å². The number of anilines is 4. The average molecular weight is 442 g/mol. The van der Waals surface area contributed by atoms with Gasteiger partial charge in [-0.2, -0.15) is 9.97 Å². The van der Waals surface area contributed by atoms with Crippen LogP contribution in [0, 0.1) is 0 Å². The minimum atomic E-state index is -0.0970. The lowest BCUT2D eigenvalue weighted by molar-refractivity contribution is -0.114. The van der Waals surface area contributed by atoms with Crippen molar-refractivity contribution in [3.63, 3.8) is 0 Å². The number of carbonyl (C=O) groups is 1. The molecule has 0 fully saturated rings. The Morgan fingerprint density at radius 1 is 1.00 bits per heavy atom. The number of amides is 1. The lowest BCUT2D eigenvalue weighted by Crippen LogP contribution is -2.32. The molecule has 0 saturated carbocycles. The van der Waals surface area contributed by atoms with Gasteiger partial charge in [0.2, 0.25) is 11.9 Å². The minimum Gasteiger partial charge on any atom is -0.338 e. The monoisotopic (exact) mass is 441 g/mol. The molecule has 33 heavy (non-hydrogen) atoms. The summed E-state index contributed by atoms with van der Waals surface area (Å²) in [6.45, 7) is 7.38. The first-order chi connectivity index (χ1) is 16.0. The van der Waals surface area contributed by atoms with E-state index in [9.17, 15) is 4.79 Å². The first-order valence-electron chi connectivity index (χ1n) is 11.2. The van der Waals surface area contributed by atoms with Crippen molar-refractivity contribution in [2.45, 2.75) is 39.8 Å². The molecule has 0 saturated heterocycles. The van der Waals surface area contributed by atoms with Crippen LogP contribution in [-0.2, 0) is 17.8 Å². The molecular weight excluding hydrogens is 414 g/mol. The lowest BCUT2D eigenvalue weighted by atomic mass is 10.0. The Balaban J connectivity index is 1.52. The Labute approximate surface area is 192 Å². The molecule has 0 radical (unpaired) electrons. The van der Waals surface area contributed by atoms with E-state index in [0.29, 0.717) is 11.8 Å². The van der Waals surface area contributed by atoms with Crippen molar-refractivity contribution in [2.24, 2.45) is 0 Å². The van der Waals surface area contributed by atoms with E-state index < -0.39 is 0 Å². The molecule has 3 heterocycles. The van der Waals surface area contributed by atoms with Gasteiger partial charge in [-0.15, -0.1) is 0 Å². The molecule has 8 heteroatoms. The maximum absolute atomic E-state index is 11.3. The summed E-state index contributed by atoms with van der Waals surface area (Å²) in [5.41, 5.74) is 5.85. The maximum atomic E-state index is 11.3. The van der Waals surface area contributed by atoms with Crippen LogP contribution in [0.5, 0.6) is 0 Å². The van der Waals surface area contributed by atoms with Crippen LogP contribution in [-0.4, -0.2) is 32.0 Å². The van der Waals surface area contributed by atoms with Crippen LogP contribution in [0.2, 0.25) is 0 Å². The molecule has 8 nitrogen and oxygen atoms in total. The van der Waals surface area contributed by atoms with Crippen molar-refractivity contribution >= 4 is 40.2 Å². The number of benzene rings is 2. The molecule has 2 aromatic heterocycles. The predicted molar refractivity (Wildman–Crippen MR) is 131 cm³/mol. The SMILES string of the molecule is CC(=O)Nc1ccc(Nc2nc(N3CCc4ccccc4C3)nc3c2ncn3C(C)C)cc1. The van der Waals surface area contributed by atoms with Crippen LogP contribution in [0.25, 0.3) is 11.2 Å². The second kappa shape index (κ2) is 8.54. The highest BCUT2D eigenvalue weighted by Gasteiger charge is 2.22. The quantitative estimate of drug-likeness (QED) is 0.468. The van der Waals surface area contributed by atoms with E-state index in [1.807, 2.05) is 30.6 Å². The largest absolute Gasteiger partial charge is 0.338 e. The molecule has 0 spiro atoms. The van der Waals surface area contributed by atoms with Gasteiger partial charge in [0.1, 0.15) is 0 Å². The van der Waals surface area contributed by atoms with Gasteiger partial charge in [-0.3, -0.25) is 4.79 Å². The summed E-state index contributed by atoms with van der Waals surface area (Å²) in [6, 6.07) is 16.3. The molecule has 1 amide bonds. The Hall–Kier alpha value is -3.94. The number of hydrogen-bond donors (Lipinski definition) is 2. The molecule has 0 unspecified atom stereocenters. The van der Waals surface area contributed by atoms with Crippen molar-refractivity contribution < 1.29 is 4.79 Å². The predicted octanol–water partition coefficient (Wildman–Crippen LogP) is 4.67. The zero-order valence-corrected chi connectivity index (χ0v) is 19.0. The van der Waals surface area contributed by atoms with Gasteiger partial charge in [0, 0.05) is 37.4 Å². The van der Waals surface area contributed by atoms with Crippen molar-refractivity contribution in [1.82, 2.24) is 19.5 Å². The zero-order valence-electron chi connectivity index (χ0n) is 19.0. The van der Waals surface area contributed by atoms with E-state index in [1.54, 1.807) is 0 Å². The fourth-order valence-electron chi connectivity index (χ4n) is 4.15. The number of nitrogens with one attached hydrogen (secondary N) is 2. The maximum Gasteiger partial charge on any atom is 0.229 e. The number of hydrogen-bond acceptors (Lipinski definition) is 6. The molecule has 5 rings (SSSR count). The normalized spacial score (nSPS) is 13.3. The standard InChI is InChI=1S/C25H27N7O/c1-16(2)32-15-26-22-23(28-21-10-8-20(9-11-21)27-17(3)33)29-25(30-24(22)32)31-13-12-18-6-4-5-7-19(18)14-31/h4-11,15-16H,12-14H2,1-3H3,(H,27,33)(H,28,29,30). The zero-order chi connectivity index (χ0) is 22.9. The third-order valence-corrected chi connectivity index (χ3v) is 5.85. The summed E-state index contributed by atoms with van der Waals surface area (Å²) >= 11 is 0. The van der Waals surface area contributed by atoms with E-state index in [4.69, 9.17) is 9.97 Å². The molecule has 2 aromatic carbocycles. The fourth-order valence-corrected chi connectivity index (χ4v) is 4.15. The molecule has 1 aliphatic heterocycles. The Morgan fingerprint density at radius 3 is 2.45 bits per heavy atom. The van der Waals surface area contributed by atoms with E-state index in [-0.39, 0.29) is 11.9 Å². The van der Waals surface area contributed by atoms with E-state index in [2.05, 4.69) is 63.2 Å². The number of rotatable bonds is 5. The summed E-state index contributed by atoms with van der Waals surface area (Å²) < 4.78 is 2.07. The number of imidazole rings is 1.